The third-order valence-electron chi connectivity index (χ3n) is 6.74. The topological polar surface area (TPSA) is 44.8 Å². The van der Waals surface area contributed by atoms with Gasteiger partial charge in [-0.05, 0) is 0 Å². The van der Waals surface area contributed by atoms with Gasteiger partial charge in [0.25, 0.3) is 0 Å². The van der Waals surface area contributed by atoms with Crippen molar-refractivity contribution < 1.29 is 17.5 Å². The average Bonchev–Trinajstić information content (AvgIpc) is 2.42. The molecule has 0 amide bonds. The van der Waals surface area contributed by atoms with E-state index in [1.54, 1.807) is 0 Å². The molecule has 0 aliphatic heterocycles. The quantitative estimate of drug-likeness (QED) is 0.143. The molecule has 0 aliphatic rings. The molecule has 0 aromatic heterocycles. The molecule has 38 heavy (non-hydrogen) atoms. The summed E-state index contributed by atoms with van der Waals surface area (Å²) in [7, 11) is -3.94. The second-order valence-corrected chi connectivity index (χ2v) is 38.2. The van der Waals surface area contributed by atoms with Gasteiger partial charge in [-0.15, -0.1) is 0 Å². The van der Waals surface area contributed by atoms with Crippen molar-refractivity contribution in [3.8, 4) is 0 Å². The molecule has 8 heteroatoms. The van der Waals surface area contributed by atoms with E-state index in [-0.39, 0.29) is 0 Å². The summed E-state index contributed by atoms with van der Waals surface area (Å²) in [6.45, 7) is 31.9. The first kappa shape index (κ1) is 39.4. The minimum absolute atomic E-state index is 0.435. The summed E-state index contributed by atoms with van der Waals surface area (Å²) in [6, 6.07) is 0. The monoisotopic (exact) mass is 620 g/mol. The normalized spacial score (nSPS) is 19.0. The fourth-order valence-corrected chi connectivity index (χ4v) is 33.4. The standard InChI is InChI=1S/C30H72O4P4/c1-25(2)19-36(13,14,20-26(3)4)32-35(31,33-37(15,16,21-27(5)6)22-28(7)8)34-38(17,18,23-29(9)10)24-30(11)12/h25-30H,19-24H2,1-18H3. The minimum atomic E-state index is -3.94. The van der Waals surface area contributed by atoms with Crippen LogP contribution in [0.15, 0.2) is 0 Å². The predicted molar refractivity (Wildman–Crippen MR) is 185 cm³/mol. The molecular formula is C30H72O4P4. The molecule has 236 valence electrons. The first-order valence-corrected chi connectivity index (χ1v) is 27.0. The summed E-state index contributed by atoms with van der Waals surface area (Å²) < 4.78 is 37.2. The molecule has 0 radical (unpaired) electrons. The van der Waals surface area contributed by atoms with E-state index in [1.807, 2.05) is 0 Å². The van der Waals surface area contributed by atoms with Crippen LogP contribution in [0.25, 0.3) is 0 Å². The molecule has 0 saturated heterocycles. The fraction of sp³-hybridized carbons (Fsp3) is 1.00. The molecule has 0 fully saturated rings. The van der Waals surface area contributed by atoms with Gasteiger partial charge in [0.15, 0.2) is 0 Å². The van der Waals surface area contributed by atoms with E-state index >= 15 is 4.57 Å². The summed E-state index contributed by atoms with van der Waals surface area (Å²) >= 11 is 0. The van der Waals surface area contributed by atoms with Gasteiger partial charge in [-0.25, -0.2) is 0 Å². The SMILES string of the molecule is CC(C)CP(C)(C)(CC(C)C)OP(=O)(OP(C)(C)(CC(C)C)CC(C)C)OP(C)(C)(CC(C)C)CC(C)C. The van der Waals surface area contributed by atoms with Gasteiger partial charge >= 0.3 is 241 Å². The zero-order valence-corrected chi connectivity index (χ0v) is 32.7. The first-order valence-electron chi connectivity index (χ1n) is 15.2. The average molecular weight is 621 g/mol. The van der Waals surface area contributed by atoms with Crippen molar-refractivity contribution in [1.82, 2.24) is 0 Å². The Hall–Kier alpha value is 1.40. The van der Waals surface area contributed by atoms with E-state index in [2.05, 4.69) is 123 Å². The maximum absolute atomic E-state index is 15.6. The van der Waals surface area contributed by atoms with Crippen molar-refractivity contribution in [3.63, 3.8) is 0 Å². The Labute approximate surface area is 240 Å². The molecule has 0 spiro atoms. The van der Waals surface area contributed by atoms with Crippen LogP contribution in [0.4, 0.5) is 0 Å². The van der Waals surface area contributed by atoms with Gasteiger partial charge in [0.05, 0.1) is 0 Å². The van der Waals surface area contributed by atoms with Crippen molar-refractivity contribution in [3.05, 3.63) is 0 Å². The second-order valence-electron chi connectivity index (χ2n) is 17.8. The maximum atomic E-state index is 15.6. The number of hydrogen-bond acceptors (Lipinski definition) is 4. The van der Waals surface area contributed by atoms with Gasteiger partial charge < -0.3 is 0 Å². The van der Waals surface area contributed by atoms with Gasteiger partial charge in [0.1, 0.15) is 0 Å². The van der Waals surface area contributed by atoms with E-state index in [9.17, 15) is 0 Å². The summed E-state index contributed by atoms with van der Waals surface area (Å²) in [5.41, 5.74) is 0. The summed E-state index contributed by atoms with van der Waals surface area (Å²) in [4.78, 5) is 0. The third-order valence-corrected chi connectivity index (χ3v) is 27.0. The predicted octanol–water partition coefficient (Wildman–Crippen LogP) is 11.3. The van der Waals surface area contributed by atoms with E-state index < -0.39 is 28.3 Å². The van der Waals surface area contributed by atoms with Crippen LogP contribution >= 0.6 is 28.3 Å². The van der Waals surface area contributed by atoms with E-state index in [1.165, 1.54) is 0 Å². The molecule has 4 nitrogen and oxygen atoms in total. The Kier molecular flexibility index (Phi) is 13.4. The summed E-state index contributed by atoms with van der Waals surface area (Å²) in [5.74, 6) is 2.61. The number of phosphoric acid groups is 1. The van der Waals surface area contributed by atoms with Crippen LogP contribution in [-0.2, 0) is 17.5 Å². The molecule has 0 N–H and O–H groups in total. The summed E-state index contributed by atoms with van der Waals surface area (Å²) in [6.07, 6.45) is 5.48. The van der Waals surface area contributed by atoms with E-state index in [0.29, 0.717) is 35.5 Å². The molecule has 0 saturated carbocycles. The van der Waals surface area contributed by atoms with Crippen LogP contribution in [0.2, 0.25) is 0 Å². The van der Waals surface area contributed by atoms with Gasteiger partial charge in [0.2, 0.25) is 0 Å². The molecule has 0 unspecified atom stereocenters. The Morgan fingerprint density at radius 3 is 0.632 bits per heavy atom. The number of hydrogen-bond donors (Lipinski definition) is 0. The van der Waals surface area contributed by atoms with Crippen molar-refractivity contribution in [1.29, 1.82) is 0 Å². The zero-order valence-electron chi connectivity index (χ0n) is 29.1. The zero-order chi connectivity index (χ0) is 30.7. The Balaban J connectivity index is 7.29. The first-order chi connectivity index (χ1) is 16.5. The van der Waals surface area contributed by atoms with Crippen LogP contribution < -0.4 is 0 Å². The Morgan fingerprint density at radius 1 is 0.395 bits per heavy atom. The van der Waals surface area contributed by atoms with Crippen molar-refractivity contribution >= 4 is 28.3 Å². The van der Waals surface area contributed by atoms with Crippen LogP contribution in [0.5, 0.6) is 0 Å². The molecule has 0 atom stereocenters. The second kappa shape index (κ2) is 13.0. The molecule has 0 rings (SSSR count). The third kappa shape index (κ3) is 14.5. The molecule has 0 aromatic rings. The van der Waals surface area contributed by atoms with Gasteiger partial charge in [-0.3, -0.25) is 0 Å². The molecule has 0 aliphatic carbocycles. The van der Waals surface area contributed by atoms with Crippen LogP contribution in [0, 0.1) is 35.5 Å². The molecular weight excluding hydrogens is 548 g/mol. The molecule has 0 bridgehead atoms. The van der Waals surface area contributed by atoms with Crippen LogP contribution in [0.3, 0.4) is 0 Å². The van der Waals surface area contributed by atoms with Crippen molar-refractivity contribution in [2.24, 2.45) is 35.5 Å². The van der Waals surface area contributed by atoms with Crippen molar-refractivity contribution in [2.75, 3.05) is 77.0 Å². The van der Waals surface area contributed by atoms with Gasteiger partial charge in [0, 0.05) is 0 Å². The Bertz CT molecular complexity index is 666. The number of rotatable bonds is 18. The molecule has 0 aromatic carbocycles. The van der Waals surface area contributed by atoms with Crippen molar-refractivity contribution in [2.45, 2.75) is 83.1 Å². The fourth-order valence-electron chi connectivity index (χ4n) is 8.32. The van der Waals surface area contributed by atoms with E-state index in [0.717, 1.165) is 37.0 Å². The Morgan fingerprint density at radius 2 is 0.526 bits per heavy atom. The van der Waals surface area contributed by atoms with Crippen LogP contribution in [0.1, 0.15) is 83.1 Å². The summed E-state index contributed by atoms with van der Waals surface area (Å²) in [5, 5.41) is 0. The van der Waals surface area contributed by atoms with Gasteiger partial charge in [-0.2, -0.15) is 0 Å². The van der Waals surface area contributed by atoms with E-state index in [4.69, 9.17) is 12.9 Å². The van der Waals surface area contributed by atoms with Crippen LogP contribution in [-0.4, -0.2) is 77.0 Å². The van der Waals surface area contributed by atoms with Gasteiger partial charge in [-0.1, -0.05) is 0 Å². The molecule has 0 heterocycles.